The van der Waals surface area contributed by atoms with Gasteiger partial charge in [0.1, 0.15) is 0 Å². The summed E-state index contributed by atoms with van der Waals surface area (Å²) in [6, 6.07) is 0.526. The van der Waals surface area contributed by atoms with Gasteiger partial charge in [-0.2, -0.15) is 10.2 Å². The van der Waals surface area contributed by atoms with Crippen LogP contribution in [-0.4, -0.2) is 50.3 Å². The highest BCUT2D eigenvalue weighted by Gasteiger charge is 2.12. The van der Waals surface area contributed by atoms with Gasteiger partial charge in [0, 0.05) is 19.6 Å². The molecule has 1 aliphatic heterocycles. The quantitative estimate of drug-likeness (QED) is 0.687. The van der Waals surface area contributed by atoms with Crippen LogP contribution in [0.4, 0.5) is 0 Å². The van der Waals surface area contributed by atoms with Gasteiger partial charge in [0.05, 0.1) is 25.8 Å². The standard InChI is InChI=1S/C12H23N3O/c1-2-4-12(5-3-1)14-13-6-7-15-8-10-16-11-9-15/h12H,1-11H2. The maximum Gasteiger partial charge on any atom is 0.0726 e. The van der Waals surface area contributed by atoms with Gasteiger partial charge < -0.3 is 4.74 Å². The summed E-state index contributed by atoms with van der Waals surface area (Å²) in [5.74, 6) is 0. The smallest absolute Gasteiger partial charge is 0.0726 e. The third-order valence-electron chi connectivity index (χ3n) is 3.44. The van der Waals surface area contributed by atoms with Crippen LogP contribution in [-0.2, 0) is 4.74 Å². The van der Waals surface area contributed by atoms with E-state index in [4.69, 9.17) is 4.74 Å². The van der Waals surface area contributed by atoms with E-state index in [9.17, 15) is 0 Å². The summed E-state index contributed by atoms with van der Waals surface area (Å²) in [7, 11) is 0. The minimum atomic E-state index is 0.526. The van der Waals surface area contributed by atoms with E-state index in [-0.39, 0.29) is 0 Å². The van der Waals surface area contributed by atoms with E-state index in [0.717, 1.165) is 39.4 Å². The highest BCUT2D eigenvalue weighted by molar-refractivity contribution is 4.70. The maximum atomic E-state index is 5.31. The van der Waals surface area contributed by atoms with Gasteiger partial charge in [-0.25, -0.2) is 0 Å². The minimum absolute atomic E-state index is 0.526. The number of hydrogen-bond acceptors (Lipinski definition) is 4. The van der Waals surface area contributed by atoms with Crippen LogP contribution in [0.25, 0.3) is 0 Å². The summed E-state index contributed by atoms with van der Waals surface area (Å²) in [6.45, 7) is 5.76. The van der Waals surface area contributed by atoms with Crippen molar-refractivity contribution < 1.29 is 4.74 Å². The van der Waals surface area contributed by atoms with Crippen LogP contribution in [0.15, 0.2) is 10.2 Å². The van der Waals surface area contributed by atoms with Crippen molar-refractivity contribution in [1.82, 2.24) is 4.90 Å². The number of nitrogens with zero attached hydrogens (tertiary/aromatic N) is 3. The molecular weight excluding hydrogens is 202 g/mol. The lowest BCUT2D eigenvalue weighted by Crippen LogP contribution is -2.37. The van der Waals surface area contributed by atoms with Gasteiger partial charge in [0.2, 0.25) is 0 Å². The van der Waals surface area contributed by atoms with Gasteiger partial charge in [0.15, 0.2) is 0 Å². The SMILES string of the molecule is C1CCC(N=NCCN2CCOCC2)CC1. The van der Waals surface area contributed by atoms with Gasteiger partial charge in [-0.3, -0.25) is 4.90 Å². The maximum absolute atomic E-state index is 5.31. The second-order valence-corrected chi connectivity index (χ2v) is 4.73. The summed E-state index contributed by atoms with van der Waals surface area (Å²) in [5, 5.41) is 8.77. The van der Waals surface area contributed by atoms with Crippen molar-refractivity contribution in [1.29, 1.82) is 0 Å². The minimum Gasteiger partial charge on any atom is -0.379 e. The number of ether oxygens (including phenoxy) is 1. The highest BCUT2D eigenvalue weighted by atomic mass is 16.5. The molecule has 0 N–H and O–H groups in total. The molecule has 2 fully saturated rings. The van der Waals surface area contributed by atoms with Crippen LogP contribution in [0.5, 0.6) is 0 Å². The van der Waals surface area contributed by atoms with E-state index in [0.29, 0.717) is 6.04 Å². The molecule has 0 unspecified atom stereocenters. The topological polar surface area (TPSA) is 37.2 Å². The Balaban J connectivity index is 1.57. The van der Waals surface area contributed by atoms with E-state index in [1.54, 1.807) is 0 Å². The number of azo groups is 1. The zero-order chi connectivity index (χ0) is 11.1. The van der Waals surface area contributed by atoms with E-state index >= 15 is 0 Å². The first kappa shape index (κ1) is 12.0. The van der Waals surface area contributed by atoms with Gasteiger partial charge >= 0.3 is 0 Å². The second-order valence-electron chi connectivity index (χ2n) is 4.73. The molecule has 0 aromatic heterocycles. The normalized spacial score (nSPS) is 25.2. The molecule has 0 aromatic carbocycles. The first-order valence-electron chi connectivity index (χ1n) is 6.62. The predicted molar refractivity (Wildman–Crippen MR) is 63.9 cm³/mol. The monoisotopic (exact) mass is 225 g/mol. The molecule has 2 aliphatic rings. The number of rotatable bonds is 4. The van der Waals surface area contributed by atoms with Gasteiger partial charge in [-0.15, -0.1) is 0 Å². The lowest BCUT2D eigenvalue weighted by Gasteiger charge is -2.25. The zero-order valence-electron chi connectivity index (χ0n) is 10.1. The first-order chi connectivity index (χ1) is 7.95. The molecule has 0 aromatic rings. The van der Waals surface area contributed by atoms with Crippen molar-refractivity contribution in [3.8, 4) is 0 Å². The molecule has 0 amide bonds. The van der Waals surface area contributed by atoms with Crippen LogP contribution in [0.1, 0.15) is 32.1 Å². The third-order valence-corrected chi connectivity index (χ3v) is 3.44. The van der Waals surface area contributed by atoms with Crippen molar-refractivity contribution in [3.05, 3.63) is 0 Å². The van der Waals surface area contributed by atoms with Crippen LogP contribution in [0, 0.1) is 0 Å². The Morgan fingerprint density at radius 3 is 2.56 bits per heavy atom. The Labute approximate surface area is 98.1 Å². The van der Waals surface area contributed by atoms with Gasteiger partial charge in [0.25, 0.3) is 0 Å². The van der Waals surface area contributed by atoms with Crippen molar-refractivity contribution >= 4 is 0 Å². The Morgan fingerprint density at radius 1 is 1.06 bits per heavy atom. The largest absolute Gasteiger partial charge is 0.379 e. The Kier molecular flexibility index (Phi) is 5.22. The molecular formula is C12H23N3O. The highest BCUT2D eigenvalue weighted by Crippen LogP contribution is 2.20. The van der Waals surface area contributed by atoms with Crippen molar-refractivity contribution in [2.75, 3.05) is 39.4 Å². The summed E-state index contributed by atoms with van der Waals surface area (Å²) in [5.41, 5.74) is 0. The van der Waals surface area contributed by atoms with E-state index in [1.165, 1.54) is 32.1 Å². The molecule has 1 heterocycles. The van der Waals surface area contributed by atoms with Gasteiger partial charge in [-0.05, 0) is 12.8 Å². The molecule has 0 atom stereocenters. The van der Waals surface area contributed by atoms with Crippen LogP contribution in [0.2, 0.25) is 0 Å². The van der Waals surface area contributed by atoms with Crippen molar-refractivity contribution in [3.63, 3.8) is 0 Å². The Bertz CT molecular complexity index is 208. The number of morpholine rings is 1. The molecule has 4 nitrogen and oxygen atoms in total. The van der Waals surface area contributed by atoms with Gasteiger partial charge in [-0.1, -0.05) is 19.3 Å². The number of hydrogen-bond donors (Lipinski definition) is 0. The fraction of sp³-hybridized carbons (Fsp3) is 1.00. The molecule has 1 aliphatic carbocycles. The molecule has 0 bridgehead atoms. The molecule has 0 spiro atoms. The summed E-state index contributed by atoms with van der Waals surface area (Å²) < 4.78 is 5.31. The Hall–Kier alpha value is -0.480. The van der Waals surface area contributed by atoms with E-state index in [2.05, 4.69) is 15.1 Å². The molecule has 92 valence electrons. The first-order valence-corrected chi connectivity index (χ1v) is 6.62. The fourth-order valence-electron chi connectivity index (χ4n) is 2.38. The lowest BCUT2D eigenvalue weighted by atomic mass is 9.96. The van der Waals surface area contributed by atoms with Crippen LogP contribution < -0.4 is 0 Å². The summed E-state index contributed by atoms with van der Waals surface area (Å²) in [4.78, 5) is 2.41. The summed E-state index contributed by atoms with van der Waals surface area (Å²) in [6.07, 6.45) is 6.57. The average Bonchev–Trinajstić information content (AvgIpc) is 2.37. The summed E-state index contributed by atoms with van der Waals surface area (Å²) >= 11 is 0. The van der Waals surface area contributed by atoms with Crippen LogP contribution in [0.3, 0.4) is 0 Å². The third kappa shape index (κ3) is 4.18. The predicted octanol–water partition coefficient (Wildman–Crippen LogP) is 2.10. The van der Waals surface area contributed by atoms with Crippen LogP contribution >= 0.6 is 0 Å². The second kappa shape index (κ2) is 6.97. The molecule has 16 heavy (non-hydrogen) atoms. The molecule has 0 radical (unpaired) electrons. The van der Waals surface area contributed by atoms with E-state index < -0.39 is 0 Å². The van der Waals surface area contributed by atoms with Crippen molar-refractivity contribution in [2.24, 2.45) is 10.2 Å². The fourth-order valence-corrected chi connectivity index (χ4v) is 2.38. The molecule has 4 heteroatoms. The lowest BCUT2D eigenvalue weighted by molar-refractivity contribution is 0.0392. The molecule has 1 saturated heterocycles. The zero-order valence-corrected chi connectivity index (χ0v) is 10.1. The molecule has 1 saturated carbocycles. The average molecular weight is 225 g/mol. The molecule has 2 rings (SSSR count). The van der Waals surface area contributed by atoms with Crippen molar-refractivity contribution in [2.45, 2.75) is 38.1 Å². The van der Waals surface area contributed by atoms with E-state index in [1.807, 2.05) is 0 Å². The Morgan fingerprint density at radius 2 is 1.81 bits per heavy atom.